The Balaban J connectivity index is 1.55. The molecule has 2 saturated heterocycles. The number of carbonyl (C=O) groups excluding carboxylic acids is 2. The van der Waals surface area contributed by atoms with Crippen LogP contribution in [0.1, 0.15) is 24.8 Å². The first-order valence-electron chi connectivity index (χ1n) is 9.87. The monoisotopic (exact) mass is 411 g/mol. The molecule has 6 nitrogen and oxygen atoms in total. The Morgan fingerprint density at radius 3 is 2.83 bits per heavy atom. The van der Waals surface area contributed by atoms with Gasteiger partial charge < -0.3 is 15.4 Å². The van der Waals surface area contributed by atoms with E-state index < -0.39 is 11.5 Å². The van der Waals surface area contributed by atoms with Crippen molar-refractivity contribution < 1.29 is 14.3 Å². The standard InChI is InChI=1S/C22H22ClN3O3/c1-29-16-7-5-14(6-8-16)24-20(27)18-12-15-3-2-10-26(15)22(18)17-11-13(23)4-9-19(17)25-21(22)28/h4-9,11,15,18H,2-3,10,12H2,1H3,(H,24,27)(H,25,28)/t15-,18+,22-/m0/s1. The van der Waals surface area contributed by atoms with Gasteiger partial charge in [0.05, 0.1) is 13.0 Å². The predicted molar refractivity (Wildman–Crippen MR) is 111 cm³/mol. The summed E-state index contributed by atoms with van der Waals surface area (Å²) < 4.78 is 5.18. The molecule has 3 heterocycles. The minimum absolute atomic E-state index is 0.131. The normalized spacial score (nSPS) is 27.6. The van der Waals surface area contributed by atoms with Crippen LogP contribution in [0.5, 0.6) is 5.75 Å². The smallest absolute Gasteiger partial charge is 0.250 e. The molecule has 3 aliphatic rings. The Hall–Kier alpha value is -2.57. The van der Waals surface area contributed by atoms with E-state index in [1.807, 2.05) is 12.1 Å². The molecular formula is C22H22ClN3O3. The topological polar surface area (TPSA) is 70.7 Å². The lowest BCUT2D eigenvalue weighted by molar-refractivity contribution is -0.135. The zero-order chi connectivity index (χ0) is 20.2. The average molecular weight is 412 g/mol. The minimum atomic E-state index is -1.00. The molecule has 2 aromatic rings. The highest BCUT2D eigenvalue weighted by Crippen LogP contribution is 2.55. The number of anilines is 2. The molecular weight excluding hydrogens is 390 g/mol. The molecule has 0 unspecified atom stereocenters. The van der Waals surface area contributed by atoms with E-state index in [1.54, 1.807) is 37.4 Å². The van der Waals surface area contributed by atoms with Crippen LogP contribution in [0.15, 0.2) is 42.5 Å². The molecule has 0 saturated carbocycles. The first kappa shape index (κ1) is 18.5. The summed E-state index contributed by atoms with van der Waals surface area (Å²) in [5.74, 6) is -0.0454. The molecule has 29 heavy (non-hydrogen) atoms. The van der Waals surface area contributed by atoms with Crippen molar-refractivity contribution in [2.75, 3.05) is 24.3 Å². The summed E-state index contributed by atoms with van der Waals surface area (Å²) in [6.07, 6.45) is 2.68. The van der Waals surface area contributed by atoms with Gasteiger partial charge in [0.25, 0.3) is 0 Å². The van der Waals surface area contributed by atoms with Crippen molar-refractivity contribution in [3.63, 3.8) is 0 Å². The Bertz CT molecular complexity index is 993. The summed E-state index contributed by atoms with van der Waals surface area (Å²) in [5.41, 5.74) is 1.24. The van der Waals surface area contributed by atoms with Crippen LogP contribution in [0.3, 0.4) is 0 Å². The first-order chi connectivity index (χ1) is 14.0. The number of nitrogens with one attached hydrogen (secondary N) is 2. The maximum atomic E-state index is 13.4. The Kier molecular flexibility index (Phi) is 4.29. The molecule has 2 aromatic carbocycles. The van der Waals surface area contributed by atoms with Gasteiger partial charge in [-0.25, -0.2) is 0 Å². The van der Waals surface area contributed by atoms with E-state index in [4.69, 9.17) is 16.3 Å². The number of nitrogens with zero attached hydrogens (tertiary/aromatic N) is 1. The van der Waals surface area contributed by atoms with Gasteiger partial charge in [0.2, 0.25) is 11.8 Å². The van der Waals surface area contributed by atoms with E-state index in [1.165, 1.54) is 0 Å². The summed E-state index contributed by atoms with van der Waals surface area (Å²) in [5, 5.41) is 6.57. The number of carbonyl (C=O) groups is 2. The van der Waals surface area contributed by atoms with Gasteiger partial charge in [-0.1, -0.05) is 11.6 Å². The highest BCUT2D eigenvalue weighted by atomic mass is 35.5. The second kappa shape index (κ2) is 6.75. The van der Waals surface area contributed by atoms with E-state index in [0.717, 1.165) is 36.4 Å². The third-order valence-electron chi connectivity index (χ3n) is 6.50. The maximum Gasteiger partial charge on any atom is 0.250 e. The molecule has 150 valence electrons. The van der Waals surface area contributed by atoms with Gasteiger partial charge >= 0.3 is 0 Å². The third-order valence-corrected chi connectivity index (χ3v) is 6.74. The zero-order valence-electron chi connectivity index (χ0n) is 16.1. The predicted octanol–water partition coefficient (Wildman–Crippen LogP) is 3.62. The molecule has 0 aromatic heterocycles. The van der Waals surface area contributed by atoms with Gasteiger partial charge in [0.15, 0.2) is 0 Å². The lowest BCUT2D eigenvalue weighted by Gasteiger charge is -2.36. The number of methoxy groups -OCH3 is 1. The van der Waals surface area contributed by atoms with Crippen LogP contribution in [0, 0.1) is 5.92 Å². The molecule has 0 aliphatic carbocycles. The van der Waals surface area contributed by atoms with Crippen molar-refractivity contribution in [3.8, 4) is 5.75 Å². The molecule has 2 N–H and O–H groups in total. The second-order valence-electron chi connectivity index (χ2n) is 7.91. The van der Waals surface area contributed by atoms with Gasteiger partial charge in [-0.2, -0.15) is 0 Å². The number of hydrogen-bond donors (Lipinski definition) is 2. The van der Waals surface area contributed by atoms with Crippen LogP contribution in [0.25, 0.3) is 0 Å². The van der Waals surface area contributed by atoms with Gasteiger partial charge in [-0.05, 0) is 68.3 Å². The van der Waals surface area contributed by atoms with Crippen molar-refractivity contribution in [1.29, 1.82) is 0 Å². The van der Waals surface area contributed by atoms with E-state index in [9.17, 15) is 9.59 Å². The number of rotatable bonds is 3. The fourth-order valence-corrected chi connectivity index (χ4v) is 5.47. The number of benzene rings is 2. The number of fused-ring (bicyclic) bond motifs is 4. The molecule has 0 radical (unpaired) electrons. The van der Waals surface area contributed by atoms with Crippen molar-refractivity contribution in [1.82, 2.24) is 4.90 Å². The lowest BCUT2D eigenvalue weighted by Crippen LogP contribution is -2.53. The van der Waals surface area contributed by atoms with Crippen molar-refractivity contribution in [3.05, 3.63) is 53.1 Å². The fraction of sp³-hybridized carbons (Fsp3) is 0.364. The molecule has 3 atom stereocenters. The number of amides is 2. The summed E-state index contributed by atoms with van der Waals surface area (Å²) in [7, 11) is 1.60. The molecule has 5 rings (SSSR count). The van der Waals surface area contributed by atoms with Crippen LogP contribution in [0.2, 0.25) is 5.02 Å². The van der Waals surface area contributed by atoms with E-state index >= 15 is 0 Å². The second-order valence-corrected chi connectivity index (χ2v) is 8.34. The van der Waals surface area contributed by atoms with Gasteiger partial charge in [0, 0.05) is 28.0 Å². The summed E-state index contributed by atoms with van der Waals surface area (Å²) in [4.78, 5) is 29.0. The average Bonchev–Trinajstić information content (AvgIpc) is 3.37. The van der Waals surface area contributed by atoms with Crippen LogP contribution in [0.4, 0.5) is 11.4 Å². The van der Waals surface area contributed by atoms with Gasteiger partial charge in [-0.15, -0.1) is 0 Å². The zero-order valence-corrected chi connectivity index (χ0v) is 16.8. The van der Waals surface area contributed by atoms with Gasteiger partial charge in [-0.3, -0.25) is 14.5 Å². The molecule has 2 amide bonds. The highest BCUT2D eigenvalue weighted by molar-refractivity contribution is 6.31. The molecule has 0 bridgehead atoms. The molecule has 7 heteroatoms. The lowest BCUT2D eigenvalue weighted by atomic mass is 9.78. The minimum Gasteiger partial charge on any atom is -0.497 e. The van der Waals surface area contributed by atoms with Crippen molar-refractivity contribution in [2.45, 2.75) is 30.8 Å². The first-order valence-corrected chi connectivity index (χ1v) is 10.2. The number of ether oxygens (including phenoxy) is 1. The summed E-state index contributed by atoms with van der Waals surface area (Å²) >= 11 is 6.29. The summed E-state index contributed by atoms with van der Waals surface area (Å²) in [6.45, 7) is 0.802. The SMILES string of the molecule is COc1ccc(NC(=O)[C@H]2C[C@@H]3CCCN3[C@]23C(=O)Nc2ccc(Cl)cc23)cc1. The van der Waals surface area contributed by atoms with Crippen molar-refractivity contribution in [2.24, 2.45) is 5.92 Å². The highest BCUT2D eigenvalue weighted by Gasteiger charge is 2.65. The van der Waals surface area contributed by atoms with Crippen molar-refractivity contribution >= 4 is 34.8 Å². The van der Waals surface area contributed by atoms with E-state index in [2.05, 4.69) is 15.5 Å². The van der Waals surface area contributed by atoms with Crippen LogP contribution >= 0.6 is 11.6 Å². The van der Waals surface area contributed by atoms with Gasteiger partial charge in [0.1, 0.15) is 11.3 Å². The molecule has 1 spiro atoms. The largest absolute Gasteiger partial charge is 0.497 e. The quantitative estimate of drug-likeness (QED) is 0.809. The molecule has 2 fully saturated rings. The fourth-order valence-electron chi connectivity index (χ4n) is 5.30. The Labute approximate surface area is 174 Å². The van der Waals surface area contributed by atoms with E-state index in [-0.39, 0.29) is 17.9 Å². The summed E-state index contributed by atoms with van der Waals surface area (Å²) in [6, 6.07) is 12.9. The Morgan fingerprint density at radius 1 is 1.28 bits per heavy atom. The maximum absolute atomic E-state index is 13.4. The van der Waals surface area contributed by atoms with E-state index in [0.29, 0.717) is 17.1 Å². The number of halogens is 1. The Morgan fingerprint density at radius 2 is 2.07 bits per heavy atom. The van der Waals surface area contributed by atoms with Crippen LogP contribution in [-0.2, 0) is 15.1 Å². The van der Waals surface area contributed by atoms with Crippen LogP contribution < -0.4 is 15.4 Å². The molecule has 3 aliphatic heterocycles. The number of hydrogen-bond acceptors (Lipinski definition) is 4. The third kappa shape index (κ3) is 2.66. The van der Waals surface area contributed by atoms with Crippen LogP contribution in [-0.4, -0.2) is 36.4 Å².